The fraction of sp³-hybridized carbons (Fsp3) is 0.412. The molecule has 2 heterocycles. The van der Waals surface area contributed by atoms with Crippen LogP contribution in [0.5, 0.6) is 0 Å². The Kier molecular flexibility index (Phi) is 4.33. The number of rotatable bonds is 3. The van der Waals surface area contributed by atoms with Crippen molar-refractivity contribution in [3.63, 3.8) is 0 Å². The molecule has 0 saturated carbocycles. The van der Waals surface area contributed by atoms with E-state index < -0.39 is 6.04 Å². The van der Waals surface area contributed by atoms with E-state index in [1.54, 1.807) is 18.1 Å². The molecule has 24 heavy (non-hydrogen) atoms. The molecule has 2 atom stereocenters. The molecule has 1 aromatic carbocycles. The highest BCUT2D eigenvalue weighted by atomic mass is 16.2. The Bertz CT molecular complexity index is 770. The average molecular weight is 327 g/mol. The van der Waals surface area contributed by atoms with Gasteiger partial charge in [0, 0.05) is 19.3 Å². The highest BCUT2D eigenvalue weighted by molar-refractivity contribution is 6.01. The van der Waals surface area contributed by atoms with Gasteiger partial charge in [0.05, 0.1) is 6.20 Å². The smallest absolute Gasteiger partial charge is 0.277 e. The van der Waals surface area contributed by atoms with E-state index in [0.29, 0.717) is 6.54 Å². The first-order chi connectivity index (χ1) is 11.5. The Morgan fingerprint density at radius 2 is 2.17 bits per heavy atom. The van der Waals surface area contributed by atoms with Gasteiger partial charge in [-0.15, -0.1) is 5.10 Å². The maximum atomic E-state index is 13.0. The van der Waals surface area contributed by atoms with E-state index in [0.717, 1.165) is 17.7 Å². The van der Waals surface area contributed by atoms with Crippen molar-refractivity contribution in [3.05, 3.63) is 41.7 Å². The van der Waals surface area contributed by atoms with Gasteiger partial charge < -0.3 is 10.2 Å². The van der Waals surface area contributed by atoms with Crippen LogP contribution in [0, 0.1) is 5.92 Å². The third-order valence-electron chi connectivity index (χ3n) is 4.49. The molecule has 1 aliphatic rings. The molecule has 0 unspecified atom stereocenters. The maximum Gasteiger partial charge on any atom is 0.277 e. The number of aryl methyl sites for hydroxylation is 1. The van der Waals surface area contributed by atoms with E-state index in [-0.39, 0.29) is 23.4 Å². The van der Waals surface area contributed by atoms with E-state index >= 15 is 0 Å². The lowest BCUT2D eigenvalue weighted by atomic mass is 9.96. The summed E-state index contributed by atoms with van der Waals surface area (Å²) >= 11 is 0. The molecule has 3 rings (SSSR count). The number of anilines is 1. The minimum atomic E-state index is -0.545. The molecule has 1 aromatic heterocycles. The third-order valence-corrected chi connectivity index (χ3v) is 4.49. The summed E-state index contributed by atoms with van der Waals surface area (Å²) in [5.74, 6) is -0.410. The van der Waals surface area contributed by atoms with Gasteiger partial charge in [0.1, 0.15) is 6.04 Å². The number of nitrogens with zero attached hydrogens (tertiary/aromatic N) is 4. The Labute approximate surface area is 140 Å². The highest BCUT2D eigenvalue weighted by Crippen LogP contribution is 2.28. The number of amides is 2. The highest BCUT2D eigenvalue weighted by Gasteiger charge is 2.37. The van der Waals surface area contributed by atoms with Gasteiger partial charge in [-0.25, -0.2) is 0 Å². The lowest BCUT2D eigenvalue weighted by molar-refractivity contribution is -0.122. The molecular formula is C17H21N5O2. The summed E-state index contributed by atoms with van der Waals surface area (Å²) in [5.41, 5.74) is 1.91. The van der Waals surface area contributed by atoms with Crippen LogP contribution >= 0.6 is 0 Å². The van der Waals surface area contributed by atoms with Crippen molar-refractivity contribution < 1.29 is 9.59 Å². The lowest BCUT2D eigenvalue weighted by Crippen LogP contribution is -2.49. The number of para-hydroxylation sites is 1. The normalized spacial score (nSPS) is 18.5. The molecule has 1 N–H and O–H groups in total. The average Bonchev–Trinajstić information content (AvgIpc) is 2.94. The van der Waals surface area contributed by atoms with Crippen molar-refractivity contribution in [1.82, 2.24) is 19.9 Å². The van der Waals surface area contributed by atoms with Gasteiger partial charge in [0.25, 0.3) is 5.91 Å². The first-order valence-electron chi connectivity index (χ1n) is 8.07. The summed E-state index contributed by atoms with van der Waals surface area (Å²) in [6, 6.07) is 7.01. The Morgan fingerprint density at radius 1 is 1.42 bits per heavy atom. The van der Waals surface area contributed by atoms with Crippen LogP contribution in [-0.2, 0) is 18.4 Å². The fourth-order valence-corrected chi connectivity index (χ4v) is 2.99. The van der Waals surface area contributed by atoms with Crippen LogP contribution in [0.2, 0.25) is 0 Å². The molecule has 0 aliphatic carbocycles. The van der Waals surface area contributed by atoms with Crippen molar-refractivity contribution in [1.29, 1.82) is 0 Å². The molecule has 0 fully saturated rings. The molecule has 7 nitrogen and oxygen atoms in total. The quantitative estimate of drug-likeness (QED) is 0.932. The van der Waals surface area contributed by atoms with Gasteiger partial charge >= 0.3 is 0 Å². The molecule has 0 bridgehead atoms. The molecule has 1 aliphatic heterocycles. The molecule has 0 spiro atoms. The van der Waals surface area contributed by atoms with Gasteiger partial charge in [-0.1, -0.05) is 43.7 Å². The maximum absolute atomic E-state index is 13.0. The Hall–Kier alpha value is -2.70. The predicted octanol–water partition coefficient (Wildman–Crippen LogP) is 1.82. The van der Waals surface area contributed by atoms with E-state index in [9.17, 15) is 9.59 Å². The summed E-state index contributed by atoms with van der Waals surface area (Å²) in [5, 5.41) is 10.7. The predicted molar refractivity (Wildman–Crippen MR) is 89.2 cm³/mol. The fourth-order valence-electron chi connectivity index (χ4n) is 2.99. The van der Waals surface area contributed by atoms with E-state index in [2.05, 4.69) is 15.6 Å². The summed E-state index contributed by atoms with van der Waals surface area (Å²) in [7, 11) is 1.71. The van der Waals surface area contributed by atoms with Crippen LogP contribution in [0.4, 0.5) is 5.69 Å². The topological polar surface area (TPSA) is 80.1 Å². The zero-order chi connectivity index (χ0) is 17.3. The van der Waals surface area contributed by atoms with E-state index in [1.165, 1.54) is 4.68 Å². The molecule has 2 amide bonds. The minimum absolute atomic E-state index is 0.0277. The first-order valence-corrected chi connectivity index (χ1v) is 8.07. The number of aromatic nitrogens is 3. The molecule has 7 heteroatoms. The zero-order valence-corrected chi connectivity index (χ0v) is 14.1. The van der Waals surface area contributed by atoms with Gasteiger partial charge in [0.15, 0.2) is 5.69 Å². The van der Waals surface area contributed by atoms with E-state index in [1.807, 2.05) is 38.1 Å². The third kappa shape index (κ3) is 2.89. The van der Waals surface area contributed by atoms with Crippen LogP contribution in [-0.4, -0.2) is 37.7 Å². The second-order valence-corrected chi connectivity index (χ2v) is 6.19. The summed E-state index contributed by atoms with van der Waals surface area (Å²) in [4.78, 5) is 27.4. The molecule has 126 valence electrons. The number of nitrogens with one attached hydrogen (secondary N) is 1. The largest absolute Gasteiger partial charge is 0.324 e. The van der Waals surface area contributed by atoms with Crippen molar-refractivity contribution in [2.24, 2.45) is 13.0 Å². The van der Waals surface area contributed by atoms with Crippen molar-refractivity contribution >= 4 is 17.5 Å². The van der Waals surface area contributed by atoms with Gasteiger partial charge in [0.2, 0.25) is 5.91 Å². The number of hydrogen-bond acceptors (Lipinski definition) is 4. The second-order valence-electron chi connectivity index (χ2n) is 6.19. The van der Waals surface area contributed by atoms with Crippen LogP contribution < -0.4 is 5.32 Å². The summed E-state index contributed by atoms with van der Waals surface area (Å²) in [6.07, 6.45) is 2.36. The summed E-state index contributed by atoms with van der Waals surface area (Å²) in [6.45, 7) is 4.36. The van der Waals surface area contributed by atoms with Crippen molar-refractivity contribution in [3.8, 4) is 0 Å². The molecule has 0 radical (unpaired) electrons. The van der Waals surface area contributed by atoms with E-state index in [4.69, 9.17) is 0 Å². The lowest BCUT2D eigenvalue weighted by Gasteiger charge is -2.31. The first kappa shape index (κ1) is 16.2. The Balaban J connectivity index is 2.03. The van der Waals surface area contributed by atoms with Crippen LogP contribution in [0.3, 0.4) is 0 Å². The number of carbonyl (C=O) groups is 2. The molecule has 0 saturated heterocycles. The Morgan fingerprint density at radius 3 is 2.83 bits per heavy atom. The molecule has 2 aromatic rings. The van der Waals surface area contributed by atoms with Crippen molar-refractivity contribution in [2.45, 2.75) is 32.9 Å². The monoisotopic (exact) mass is 327 g/mol. The van der Waals surface area contributed by atoms with Gasteiger partial charge in [-0.3, -0.25) is 14.3 Å². The van der Waals surface area contributed by atoms with Gasteiger partial charge in [-0.05, 0) is 17.5 Å². The SMILES string of the molecule is CC[C@H](C)[C@H]1C(=O)Nc2ccccc2CN1C(=O)c1cn(C)nn1. The second kappa shape index (κ2) is 6.43. The van der Waals surface area contributed by atoms with Crippen LogP contribution in [0.1, 0.15) is 36.3 Å². The number of fused-ring (bicyclic) bond motifs is 1. The number of carbonyl (C=O) groups excluding carboxylic acids is 2. The molecular weight excluding hydrogens is 306 g/mol. The number of benzene rings is 1. The summed E-state index contributed by atoms with van der Waals surface area (Å²) < 4.78 is 1.48. The van der Waals surface area contributed by atoms with Gasteiger partial charge in [-0.2, -0.15) is 0 Å². The standard InChI is InChI=1S/C17H21N5O2/c1-4-11(2)15-16(23)18-13-8-6-5-7-12(13)9-22(15)17(24)14-10-21(3)20-19-14/h5-8,10-11,15H,4,9H2,1-3H3,(H,18,23)/t11-,15-/m0/s1. The van der Waals surface area contributed by atoms with Crippen molar-refractivity contribution in [2.75, 3.05) is 5.32 Å². The number of hydrogen-bond donors (Lipinski definition) is 1. The zero-order valence-electron chi connectivity index (χ0n) is 14.1. The van der Waals surface area contributed by atoms with Crippen LogP contribution in [0.15, 0.2) is 30.5 Å². The van der Waals surface area contributed by atoms with Crippen LogP contribution in [0.25, 0.3) is 0 Å². The minimum Gasteiger partial charge on any atom is -0.324 e.